The molecule has 2 N–H and O–H groups in total. The van der Waals surface area contributed by atoms with E-state index >= 15 is 0 Å². The second-order valence-electron chi connectivity index (χ2n) is 4.07. The summed E-state index contributed by atoms with van der Waals surface area (Å²) in [6.45, 7) is 3.46. The zero-order chi connectivity index (χ0) is 11.5. The summed E-state index contributed by atoms with van der Waals surface area (Å²) in [5.41, 5.74) is 7.66. The van der Waals surface area contributed by atoms with Crippen LogP contribution in [0.2, 0.25) is 0 Å². The smallest absolute Gasteiger partial charge is 0.123 e. The second-order valence-corrected chi connectivity index (χ2v) is 4.07. The van der Waals surface area contributed by atoms with Gasteiger partial charge in [0.15, 0.2) is 0 Å². The van der Waals surface area contributed by atoms with Gasteiger partial charge < -0.3 is 15.2 Å². The van der Waals surface area contributed by atoms with Crippen LogP contribution < -0.4 is 5.73 Å². The molecular formula is C12H16FNO2. The van der Waals surface area contributed by atoms with Gasteiger partial charge in [0.2, 0.25) is 0 Å². The molecule has 1 aromatic rings. The number of ether oxygens (including phenoxy) is 2. The number of rotatable bonds is 2. The van der Waals surface area contributed by atoms with E-state index in [0.717, 1.165) is 11.1 Å². The third kappa shape index (κ3) is 2.58. The monoisotopic (exact) mass is 225 g/mol. The normalized spacial score (nSPS) is 23.1. The number of hydrogen-bond acceptors (Lipinski definition) is 3. The zero-order valence-corrected chi connectivity index (χ0v) is 9.28. The average Bonchev–Trinajstić information content (AvgIpc) is 2.28. The third-order valence-corrected chi connectivity index (χ3v) is 2.69. The van der Waals surface area contributed by atoms with Gasteiger partial charge in [-0.25, -0.2) is 4.39 Å². The summed E-state index contributed by atoms with van der Waals surface area (Å²) in [5.74, 6) is -0.262. The summed E-state index contributed by atoms with van der Waals surface area (Å²) >= 11 is 0. The van der Waals surface area contributed by atoms with Crippen molar-refractivity contribution in [1.82, 2.24) is 0 Å². The molecule has 16 heavy (non-hydrogen) atoms. The van der Waals surface area contributed by atoms with E-state index in [-0.39, 0.29) is 18.0 Å². The molecule has 4 heteroatoms. The quantitative estimate of drug-likeness (QED) is 0.830. The van der Waals surface area contributed by atoms with E-state index in [2.05, 4.69) is 0 Å². The minimum atomic E-state index is -0.338. The Morgan fingerprint density at radius 2 is 2.19 bits per heavy atom. The molecule has 0 saturated carbocycles. The van der Waals surface area contributed by atoms with Crippen LogP contribution in [0.5, 0.6) is 0 Å². The van der Waals surface area contributed by atoms with Gasteiger partial charge in [-0.05, 0) is 30.2 Å². The van der Waals surface area contributed by atoms with Gasteiger partial charge in [0.1, 0.15) is 11.9 Å². The number of halogens is 1. The number of benzene rings is 1. The molecule has 0 aliphatic carbocycles. The number of aryl methyl sites for hydroxylation is 1. The maximum Gasteiger partial charge on any atom is 0.123 e. The van der Waals surface area contributed by atoms with E-state index in [9.17, 15) is 4.39 Å². The van der Waals surface area contributed by atoms with E-state index in [1.165, 1.54) is 12.1 Å². The molecule has 0 aromatic heterocycles. The van der Waals surface area contributed by atoms with Gasteiger partial charge in [0, 0.05) is 0 Å². The lowest BCUT2D eigenvalue weighted by Gasteiger charge is -2.28. The van der Waals surface area contributed by atoms with Gasteiger partial charge in [0.25, 0.3) is 0 Å². The molecule has 2 unspecified atom stereocenters. The molecule has 1 aromatic carbocycles. The summed E-state index contributed by atoms with van der Waals surface area (Å²) in [5, 5.41) is 0. The highest BCUT2D eigenvalue weighted by atomic mass is 19.1. The lowest BCUT2D eigenvalue weighted by molar-refractivity contribution is -0.0975. The van der Waals surface area contributed by atoms with E-state index in [0.29, 0.717) is 19.8 Å². The van der Waals surface area contributed by atoms with Crippen LogP contribution in [-0.2, 0) is 9.47 Å². The van der Waals surface area contributed by atoms with Crippen molar-refractivity contribution in [1.29, 1.82) is 0 Å². The highest BCUT2D eigenvalue weighted by Crippen LogP contribution is 2.21. The molecule has 0 spiro atoms. The summed E-state index contributed by atoms with van der Waals surface area (Å²) in [4.78, 5) is 0. The Balaban J connectivity index is 2.15. The van der Waals surface area contributed by atoms with Crippen LogP contribution in [-0.4, -0.2) is 25.9 Å². The molecule has 1 aliphatic rings. The van der Waals surface area contributed by atoms with Crippen molar-refractivity contribution in [2.45, 2.75) is 19.1 Å². The van der Waals surface area contributed by atoms with Crippen molar-refractivity contribution in [2.24, 2.45) is 5.73 Å². The maximum absolute atomic E-state index is 13.2. The predicted molar refractivity (Wildman–Crippen MR) is 58.6 cm³/mol. The molecule has 0 bridgehead atoms. The van der Waals surface area contributed by atoms with E-state index in [1.54, 1.807) is 0 Å². The Kier molecular flexibility index (Phi) is 3.53. The average molecular weight is 225 g/mol. The topological polar surface area (TPSA) is 44.5 Å². The van der Waals surface area contributed by atoms with Gasteiger partial charge in [-0.15, -0.1) is 0 Å². The number of nitrogens with two attached hydrogens (primary N) is 1. The zero-order valence-electron chi connectivity index (χ0n) is 9.28. The van der Waals surface area contributed by atoms with Crippen molar-refractivity contribution in [3.8, 4) is 0 Å². The highest BCUT2D eigenvalue weighted by molar-refractivity contribution is 5.26. The largest absolute Gasteiger partial charge is 0.376 e. The molecule has 2 atom stereocenters. The molecule has 0 amide bonds. The Labute approximate surface area is 94.3 Å². The molecule has 1 aliphatic heterocycles. The third-order valence-electron chi connectivity index (χ3n) is 2.69. The highest BCUT2D eigenvalue weighted by Gasteiger charge is 2.23. The first-order valence-corrected chi connectivity index (χ1v) is 5.39. The van der Waals surface area contributed by atoms with Gasteiger partial charge in [-0.1, -0.05) is 6.07 Å². The van der Waals surface area contributed by atoms with Crippen molar-refractivity contribution in [3.63, 3.8) is 0 Å². The van der Waals surface area contributed by atoms with Crippen molar-refractivity contribution < 1.29 is 13.9 Å². The number of hydrogen-bond donors (Lipinski definition) is 1. The summed E-state index contributed by atoms with van der Waals surface area (Å²) in [6, 6.07) is 4.48. The molecule has 88 valence electrons. The Morgan fingerprint density at radius 1 is 1.38 bits per heavy atom. The predicted octanol–water partition coefficient (Wildman–Crippen LogP) is 1.55. The van der Waals surface area contributed by atoms with Gasteiger partial charge in [0.05, 0.1) is 25.9 Å². The minimum absolute atomic E-state index is 0.185. The Morgan fingerprint density at radius 3 is 2.81 bits per heavy atom. The molecule has 1 heterocycles. The fourth-order valence-corrected chi connectivity index (χ4v) is 1.89. The summed E-state index contributed by atoms with van der Waals surface area (Å²) < 4.78 is 24.0. The fourth-order valence-electron chi connectivity index (χ4n) is 1.89. The van der Waals surface area contributed by atoms with Crippen LogP contribution in [0.4, 0.5) is 4.39 Å². The van der Waals surface area contributed by atoms with Crippen LogP contribution in [0.15, 0.2) is 18.2 Å². The van der Waals surface area contributed by atoms with E-state index in [4.69, 9.17) is 15.2 Å². The van der Waals surface area contributed by atoms with Crippen LogP contribution in [0.25, 0.3) is 0 Å². The molecular weight excluding hydrogens is 209 g/mol. The fraction of sp³-hybridized carbons (Fsp3) is 0.500. The van der Waals surface area contributed by atoms with E-state index in [1.807, 2.05) is 13.0 Å². The standard InChI is InChI=1S/C12H16FNO2/c1-8-4-9(6-10(13)5-8)12(14)11-7-15-2-3-16-11/h4-6,11-12H,2-3,7,14H2,1H3. The summed E-state index contributed by atoms with van der Waals surface area (Å²) in [6.07, 6.45) is -0.185. The lowest BCUT2D eigenvalue weighted by atomic mass is 10.0. The van der Waals surface area contributed by atoms with Crippen molar-refractivity contribution in [2.75, 3.05) is 19.8 Å². The first-order chi connectivity index (χ1) is 7.66. The second kappa shape index (κ2) is 4.91. The lowest BCUT2D eigenvalue weighted by Crippen LogP contribution is -2.37. The first kappa shape index (κ1) is 11.5. The molecule has 1 fully saturated rings. The van der Waals surface area contributed by atoms with Gasteiger partial charge >= 0.3 is 0 Å². The Hall–Kier alpha value is -0.970. The van der Waals surface area contributed by atoms with Gasteiger partial charge in [-0.2, -0.15) is 0 Å². The van der Waals surface area contributed by atoms with Crippen LogP contribution in [0, 0.1) is 12.7 Å². The van der Waals surface area contributed by atoms with E-state index < -0.39 is 0 Å². The van der Waals surface area contributed by atoms with Crippen LogP contribution >= 0.6 is 0 Å². The van der Waals surface area contributed by atoms with Crippen LogP contribution in [0.3, 0.4) is 0 Å². The molecule has 1 saturated heterocycles. The van der Waals surface area contributed by atoms with Crippen molar-refractivity contribution >= 4 is 0 Å². The van der Waals surface area contributed by atoms with Crippen molar-refractivity contribution in [3.05, 3.63) is 35.1 Å². The minimum Gasteiger partial charge on any atom is -0.376 e. The Bertz CT molecular complexity index is 344. The first-order valence-electron chi connectivity index (χ1n) is 5.39. The van der Waals surface area contributed by atoms with Gasteiger partial charge in [-0.3, -0.25) is 0 Å². The maximum atomic E-state index is 13.2. The molecule has 3 nitrogen and oxygen atoms in total. The molecule has 2 rings (SSSR count). The SMILES string of the molecule is Cc1cc(F)cc(C(N)C2COCCO2)c1. The summed E-state index contributed by atoms with van der Waals surface area (Å²) in [7, 11) is 0. The molecule has 0 radical (unpaired) electrons. The van der Waals surface area contributed by atoms with Crippen LogP contribution in [0.1, 0.15) is 17.2 Å².